The Balaban J connectivity index is 1.63. The van der Waals surface area contributed by atoms with Gasteiger partial charge in [-0.25, -0.2) is 4.98 Å². The van der Waals surface area contributed by atoms with E-state index < -0.39 is 0 Å². The van der Waals surface area contributed by atoms with Gasteiger partial charge in [0.15, 0.2) is 5.65 Å². The summed E-state index contributed by atoms with van der Waals surface area (Å²) in [6.07, 6.45) is 1.83. The number of hydrogen-bond donors (Lipinski definition) is 2. The Bertz CT molecular complexity index is 1190. The van der Waals surface area contributed by atoms with E-state index in [2.05, 4.69) is 15.4 Å². The molecule has 0 aliphatic carbocycles. The first kappa shape index (κ1) is 19.0. The predicted molar refractivity (Wildman–Crippen MR) is 111 cm³/mol. The van der Waals surface area contributed by atoms with Crippen molar-refractivity contribution in [3.63, 3.8) is 0 Å². The van der Waals surface area contributed by atoms with Crippen LogP contribution in [0, 0.1) is 6.92 Å². The highest BCUT2D eigenvalue weighted by Crippen LogP contribution is 2.27. The lowest BCUT2D eigenvalue weighted by atomic mass is 10.0. The highest BCUT2D eigenvalue weighted by molar-refractivity contribution is 6.31. The summed E-state index contributed by atoms with van der Waals surface area (Å²) in [6, 6.07) is 17.1. The second-order valence-electron chi connectivity index (χ2n) is 6.73. The van der Waals surface area contributed by atoms with Crippen molar-refractivity contribution in [2.24, 2.45) is 0 Å². The first-order valence-corrected chi connectivity index (χ1v) is 9.54. The molecule has 0 aliphatic rings. The average molecular weight is 407 g/mol. The molecule has 1 amide bonds. The number of rotatable bonds is 5. The third-order valence-electron chi connectivity index (χ3n) is 4.79. The molecule has 2 aromatic heterocycles. The summed E-state index contributed by atoms with van der Waals surface area (Å²) >= 11 is 6.25. The number of aryl methyl sites for hydroxylation is 1. The van der Waals surface area contributed by atoms with Gasteiger partial charge in [-0.05, 0) is 24.1 Å². The van der Waals surface area contributed by atoms with Gasteiger partial charge >= 0.3 is 0 Å². The number of nitrogens with one attached hydrogen (secondary N) is 1. The second-order valence-corrected chi connectivity index (χ2v) is 7.14. The average Bonchev–Trinajstić information content (AvgIpc) is 3.15. The quantitative estimate of drug-likeness (QED) is 0.526. The zero-order valence-corrected chi connectivity index (χ0v) is 16.5. The Morgan fingerprint density at radius 3 is 2.62 bits per heavy atom. The van der Waals surface area contributed by atoms with Crippen LogP contribution in [0.5, 0.6) is 5.88 Å². The minimum atomic E-state index is -0.297. The number of carbonyl (C=O) groups excluding carboxylic acids is 1. The molecular formula is C22H19ClN4O2. The minimum absolute atomic E-state index is 0.0467. The Kier molecular flexibility index (Phi) is 5.18. The lowest BCUT2D eigenvalue weighted by Gasteiger charge is -2.11. The highest BCUT2D eigenvalue weighted by Gasteiger charge is 2.20. The number of halogens is 1. The summed E-state index contributed by atoms with van der Waals surface area (Å²) in [4.78, 5) is 17.2. The van der Waals surface area contributed by atoms with Crippen LogP contribution in [0.25, 0.3) is 5.65 Å². The molecule has 0 unspecified atom stereocenters. The molecule has 0 saturated carbocycles. The van der Waals surface area contributed by atoms with Crippen LogP contribution in [0.3, 0.4) is 0 Å². The van der Waals surface area contributed by atoms with Gasteiger partial charge in [0, 0.05) is 29.2 Å². The predicted octanol–water partition coefficient (Wildman–Crippen LogP) is 3.92. The molecule has 2 heterocycles. The Morgan fingerprint density at radius 2 is 1.86 bits per heavy atom. The maximum atomic E-state index is 12.6. The number of carbonyl (C=O) groups is 1. The zero-order chi connectivity index (χ0) is 20.4. The van der Waals surface area contributed by atoms with Crippen LogP contribution in [-0.4, -0.2) is 25.6 Å². The van der Waals surface area contributed by atoms with E-state index in [4.69, 9.17) is 11.6 Å². The molecule has 0 bridgehead atoms. The lowest BCUT2D eigenvalue weighted by molar-refractivity contribution is 0.0952. The third-order valence-corrected chi connectivity index (χ3v) is 5.16. The van der Waals surface area contributed by atoms with Gasteiger partial charge in [-0.1, -0.05) is 60.1 Å². The first-order chi connectivity index (χ1) is 14.0. The normalized spacial score (nSPS) is 11.0. The van der Waals surface area contributed by atoms with E-state index in [9.17, 15) is 9.90 Å². The number of fused-ring (bicyclic) bond motifs is 1. The summed E-state index contributed by atoms with van der Waals surface area (Å²) in [7, 11) is 0. The summed E-state index contributed by atoms with van der Waals surface area (Å²) in [6.45, 7) is 2.19. The van der Waals surface area contributed by atoms with Gasteiger partial charge in [0.1, 0.15) is 5.56 Å². The first-order valence-electron chi connectivity index (χ1n) is 9.16. The van der Waals surface area contributed by atoms with Crippen LogP contribution < -0.4 is 5.32 Å². The Morgan fingerprint density at radius 1 is 1.14 bits per heavy atom. The molecule has 0 spiro atoms. The van der Waals surface area contributed by atoms with Crippen molar-refractivity contribution in [2.45, 2.75) is 19.9 Å². The van der Waals surface area contributed by atoms with Crippen LogP contribution in [-0.2, 0) is 13.0 Å². The topological polar surface area (TPSA) is 79.5 Å². The summed E-state index contributed by atoms with van der Waals surface area (Å²) in [5, 5.41) is 18.4. The number of aromatic nitrogens is 3. The van der Waals surface area contributed by atoms with E-state index in [0.717, 1.165) is 11.1 Å². The van der Waals surface area contributed by atoms with E-state index in [1.54, 1.807) is 13.0 Å². The van der Waals surface area contributed by atoms with Crippen LogP contribution in [0.2, 0.25) is 5.02 Å². The molecule has 146 valence electrons. The molecule has 29 heavy (non-hydrogen) atoms. The smallest absolute Gasteiger partial charge is 0.257 e. The minimum Gasteiger partial charge on any atom is -0.493 e. The Hall–Kier alpha value is -3.38. The van der Waals surface area contributed by atoms with Gasteiger partial charge in [0.2, 0.25) is 5.88 Å². The molecule has 0 radical (unpaired) electrons. The lowest BCUT2D eigenvalue weighted by Crippen LogP contribution is -2.22. The maximum absolute atomic E-state index is 12.6. The highest BCUT2D eigenvalue weighted by atomic mass is 35.5. The van der Waals surface area contributed by atoms with Crippen molar-refractivity contribution < 1.29 is 9.90 Å². The number of hydrogen-bond acceptors (Lipinski definition) is 4. The van der Waals surface area contributed by atoms with Gasteiger partial charge in [0.05, 0.1) is 6.20 Å². The monoisotopic (exact) mass is 406 g/mol. The van der Waals surface area contributed by atoms with Crippen molar-refractivity contribution in [1.29, 1.82) is 0 Å². The molecule has 7 heteroatoms. The van der Waals surface area contributed by atoms with E-state index in [1.807, 2.05) is 48.5 Å². The van der Waals surface area contributed by atoms with Crippen molar-refractivity contribution in [3.05, 3.63) is 93.8 Å². The van der Waals surface area contributed by atoms with Crippen LogP contribution in [0.1, 0.15) is 32.7 Å². The molecular weight excluding hydrogens is 388 g/mol. The molecule has 0 aliphatic heterocycles. The fourth-order valence-electron chi connectivity index (χ4n) is 3.19. The second kappa shape index (κ2) is 7.93. The number of aromatic hydroxyl groups is 1. The summed E-state index contributed by atoms with van der Waals surface area (Å²) in [5.74, 6) is -0.344. The van der Waals surface area contributed by atoms with E-state index in [-0.39, 0.29) is 11.8 Å². The van der Waals surface area contributed by atoms with Crippen molar-refractivity contribution >= 4 is 23.2 Å². The number of amides is 1. The molecule has 4 rings (SSSR count). The van der Waals surface area contributed by atoms with E-state index in [0.29, 0.717) is 40.5 Å². The van der Waals surface area contributed by atoms with Gasteiger partial charge in [-0.3, -0.25) is 4.79 Å². The van der Waals surface area contributed by atoms with Gasteiger partial charge < -0.3 is 10.4 Å². The van der Waals surface area contributed by atoms with Crippen LogP contribution in [0.15, 0.2) is 60.8 Å². The fraction of sp³-hybridized carbons (Fsp3) is 0.136. The molecule has 2 N–H and O–H groups in total. The molecule has 4 aromatic rings. The fourth-order valence-corrected chi connectivity index (χ4v) is 3.40. The van der Waals surface area contributed by atoms with Gasteiger partial charge in [-0.15, -0.1) is 0 Å². The van der Waals surface area contributed by atoms with Crippen molar-refractivity contribution in [2.75, 3.05) is 0 Å². The van der Waals surface area contributed by atoms with Gasteiger partial charge in [0.25, 0.3) is 5.91 Å². The van der Waals surface area contributed by atoms with Crippen molar-refractivity contribution in [1.82, 2.24) is 19.9 Å². The van der Waals surface area contributed by atoms with Gasteiger partial charge in [-0.2, -0.15) is 9.61 Å². The number of benzene rings is 2. The zero-order valence-electron chi connectivity index (χ0n) is 15.8. The summed E-state index contributed by atoms with van der Waals surface area (Å²) in [5.41, 5.74) is 3.72. The van der Waals surface area contributed by atoms with E-state index >= 15 is 0 Å². The maximum Gasteiger partial charge on any atom is 0.257 e. The number of nitrogens with zero attached hydrogens (tertiary/aromatic N) is 3. The molecule has 0 fully saturated rings. The largest absolute Gasteiger partial charge is 0.493 e. The standard InChI is InChI=1S/C22H19ClN4O2/c1-14-17(11-16-9-5-6-10-19(16)23)22(29)27-20(26-14)18(13-25-27)21(28)24-12-15-7-3-2-4-8-15/h2-10,13,29H,11-12H2,1H3,(H,24,28). The molecule has 6 nitrogen and oxygen atoms in total. The molecule has 0 saturated heterocycles. The SMILES string of the molecule is Cc1nc2c(C(=O)NCc3ccccc3)cnn2c(O)c1Cc1ccccc1Cl. The third kappa shape index (κ3) is 3.79. The van der Waals surface area contributed by atoms with Crippen LogP contribution >= 0.6 is 11.6 Å². The molecule has 0 atom stereocenters. The van der Waals surface area contributed by atoms with Crippen molar-refractivity contribution in [3.8, 4) is 5.88 Å². The molecule has 2 aromatic carbocycles. The van der Waals surface area contributed by atoms with E-state index in [1.165, 1.54) is 10.7 Å². The Labute approximate surface area is 172 Å². The van der Waals surface area contributed by atoms with Crippen LogP contribution in [0.4, 0.5) is 0 Å². The summed E-state index contributed by atoms with van der Waals surface area (Å²) < 4.78 is 1.29.